The number of benzene rings is 2. The van der Waals surface area contributed by atoms with Gasteiger partial charge in [-0.15, -0.1) is 0 Å². The van der Waals surface area contributed by atoms with Crippen LogP contribution < -0.4 is 0 Å². The Morgan fingerprint density at radius 2 is 1.68 bits per heavy atom. The van der Waals surface area contributed by atoms with E-state index in [4.69, 9.17) is 4.74 Å². The molecule has 0 saturated heterocycles. The van der Waals surface area contributed by atoms with Crippen LogP contribution in [-0.4, -0.2) is 17.6 Å². The Bertz CT molecular complexity index is 892. The molecule has 0 radical (unpaired) electrons. The summed E-state index contributed by atoms with van der Waals surface area (Å²) < 4.78 is 7.16. The molecule has 0 bridgehead atoms. The first-order valence-electron chi connectivity index (χ1n) is 8.75. The van der Waals surface area contributed by atoms with E-state index in [0.29, 0.717) is 5.56 Å². The van der Waals surface area contributed by atoms with Crippen LogP contribution in [0.25, 0.3) is 16.9 Å². The molecule has 1 aliphatic rings. The highest BCUT2D eigenvalue weighted by molar-refractivity contribution is 5.89. The number of hydrogen-bond donors (Lipinski definition) is 0. The summed E-state index contributed by atoms with van der Waals surface area (Å²) in [6.45, 7) is 0. The van der Waals surface area contributed by atoms with Crippen LogP contribution in [0.5, 0.6) is 0 Å². The fourth-order valence-electron chi connectivity index (χ4n) is 3.68. The van der Waals surface area contributed by atoms with E-state index >= 15 is 0 Å². The fourth-order valence-corrected chi connectivity index (χ4v) is 3.68. The number of fused-ring (bicyclic) bond motifs is 1. The Morgan fingerprint density at radius 1 is 0.960 bits per heavy atom. The normalized spacial score (nSPS) is 13.3. The number of carbonyl (C=O) groups excluding carboxylic acids is 1. The van der Waals surface area contributed by atoms with Gasteiger partial charge >= 0.3 is 5.97 Å². The van der Waals surface area contributed by atoms with Crippen molar-refractivity contribution in [3.8, 4) is 16.9 Å². The van der Waals surface area contributed by atoms with Crippen molar-refractivity contribution in [1.82, 2.24) is 4.57 Å². The average Bonchev–Trinajstić information content (AvgIpc) is 3.08. The molecule has 0 atom stereocenters. The number of hydrogen-bond acceptors (Lipinski definition) is 2. The molecule has 1 heterocycles. The lowest BCUT2D eigenvalue weighted by molar-refractivity contribution is 0.0601. The summed E-state index contributed by atoms with van der Waals surface area (Å²) in [6, 6.07) is 20.5. The van der Waals surface area contributed by atoms with Crippen LogP contribution >= 0.6 is 0 Å². The summed E-state index contributed by atoms with van der Waals surface area (Å²) in [5, 5.41) is 0. The third-order valence-corrected chi connectivity index (χ3v) is 4.92. The number of nitrogens with zero attached hydrogens (tertiary/aromatic N) is 1. The van der Waals surface area contributed by atoms with Crippen molar-refractivity contribution in [3.05, 3.63) is 77.5 Å². The van der Waals surface area contributed by atoms with E-state index in [0.717, 1.165) is 18.5 Å². The molecule has 3 heteroatoms. The summed E-state index contributed by atoms with van der Waals surface area (Å²) in [5.74, 6) is -0.302. The molecule has 0 N–H and O–H groups in total. The van der Waals surface area contributed by atoms with E-state index in [-0.39, 0.29) is 5.97 Å². The Balaban J connectivity index is 1.85. The molecule has 126 valence electrons. The zero-order chi connectivity index (χ0) is 17.2. The SMILES string of the molecule is COC(=O)c1ccc(-n2c(-c3ccccc3)cc3c2CCCC3)cc1. The molecule has 1 aliphatic carbocycles. The van der Waals surface area contributed by atoms with E-state index in [1.165, 1.54) is 42.5 Å². The van der Waals surface area contributed by atoms with Crippen LogP contribution in [0, 0.1) is 0 Å². The lowest BCUT2D eigenvalue weighted by atomic mass is 9.98. The van der Waals surface area contributed by atoms with E-state index in [9.17, 15) is 4.79 Å². The molecule has 2 aromatic carbocycles. The van der Waals surface area contributed by atoms with Gasteiger partial charge in [-0.05, 0) is 67.1 Å². The monoisotopic (exact) mass is 331 g/mol. The second-order valence-corrected chi connectivity index (χ2v) is 6.45. The van der Waals surface area contributed by atoms with Crippen molar-refractivity contribution in [1.29, 1.82) is 0 Å². The van der Waals surface area contributed by atoms with E-state index in [1.54, 1.807) is 0 Å². The number of carbonyl (C=O) groups is 1. The number of methoxy groups -OCH3 is 1. The van der Waals surface area contributed by atoms with Gasteiger partial charge in [0, 0.05) is 11.4 Å². The van der Waals surface area contributed by atoms with Crippen LogP contribution in [-0.2, 0) is 17.6 Å². The molecule has 0 aliphatic heterocycles. The predicted octanol–water partition coefficient (Wildman–Crippen LogP) is 4.81. The molecule has 0 amide bonds. The van der Waals surface area contributed by atoms with Gasteiger partial charge in [0.15, 0.2) is 0 Å². The minimum Gasteiger partial charge on any atom is -0.465 e. The van der Waals surface area contributed by atoms with E-state index < -0.39 is 0 Å². The van der Waals surface area contributed by atoms with Crippen molar-refractivity contribution in [2.75, 3.05) is 7.11 Å². The molecule has 0 saturated carbocycles. The van der Waals surface area contributed by atoms with Gasteiger partial charge in [-0.25, -0.2) is 4.79 Å². The van der Waals surface area contributed by atoms with Crippen LogP contribution in [0.4, 0.5) is 0 Å². The molecule has 3 aromatic rings. The highest BCUT2D eigenvalue weighted by Gasteiger charge is 2.20. The van der Waals surface area contributed by atoms with E-state index in [1.807, 2.05) is 30.3 Å². The number of rotatable bonds is 3. The molecule has 3 nitrogen and oxygen atoms in total. The highest BCUT2D eigenvalue weighted by Crippen LogP contribution is 2.33. The van der Waals surface area contributed by atoms with Crippen molar-refractivity contribution in [2.45, 2.75) is 25.7 Å². The van der Waals surface area contributed by atoms with Gasteiger partial charge in [-0.3, -0.25) is 0 Å². The molecular formula is C22H21NO2. The van der Waals surface area contributed by atoms with Crippen molar-refractivity contribution in [3.63, 3.8) is 0 Å². The van der Waals surface area contributed by atoms with Crippen LogP contribution in [0.3, 0.4) is 0 Å². The van der Waals surface area contributed by atoms with Gasteiger partial charge in [0.25, 0.3) is 0 Å². The van der Waals surface area contributed by atoms with Crippen LogP contribution in [0.1, 0.15) is 34.5 Å². The van der Waals surface area contributed by atoms with Crippen LogP contribution in [0.2, 0.25) is 0 Å². The molecular weight excluding hydrogens is 310 g/mol. The summed E-state index contributed by atoms with van der Waals surface area (Å²) >= 11 is 0. The molecule has 1 aromatic heterocycles. The largest absolute Gasteiger partial charge is 0.465 e. The zero-order valence-corrected chi connectivity index (χ0v) is 14.4. The number of aryl methyl sites for hydroxylation is 1. The number of esters is 1. The van der Waals surface area contributed by atoms with Gasteiger partial charge in [0.05, 0.1) is 18.4 Å². The second kappa shape index (κ2) is 6.60. The maximum absolute atomic E-state index is 11.7. The van der Waals surface area contributed by atoms with Crippen molar-refractivity contribution < 1.29 is 9.53 Å². The Kier molecular flexibility index (Phi) is 4.14. The highest BCUT2D eigenvalue weighted by atomic mass is 16.5. The zero-order valence-electron chi connectivity index (χ0n) is 14.4. The van der Waals surface area contributed by atoms with Gasteiger partial charge in [-0.2, -0.15) is 0 Å². The summed E-state index contributed by atoms with van der Waals surface area (Å²) in [5.41, 5.74) is 6.95. The van der Waals surface area contributed by atoms with Gasteiger partial charge in [0.1, 0.15) is 0 Å². The third-order valence-electron chi connectivity index (χ3n) is 4.92. The van der Waals surface area contributed by atoms with Crippen LogP contribution in [0.15, 0.2) is 60.7 Å². The lowest BCUT2D eigenvalue weighted by Gasteiger charge is -2.18. The smallest absolute Gasteiger partial charge is 0.337 e. The Labute approximate surface area is 147 Å². The maximum Gasteiger partial charge on any atom is 0.337 e. The minimum absolute atomic E-state index is 0.302. The maximum atomic E-state index is 11.7. The van der Waals surface area contributed by atoms with Gasteiger partial charge in [0.2, 0.25) is 0 Å². The minimum atomic E-state index is -0.302. The molecule has 25 heavy (non-hydrogen) atoms. The van der Waals surface area contributed by atoms with Gasteiger partial charge in [-0.1, -0.05) is 30.3 Å². The molecule has 0 unspecified atom stereocenters. The quantitative estimate of drug-likeness (QED) is 0.645. The number of ether oxygens (including phenoxy) is 1. The average molecular weight is 331 g/mol. The number of aromatic nitrogens is 1. The van der Waals surface area contributed by atoms with Crippen molar-refractivity contribution in [2.24, 2.45) is 0 Å². The molecule has 0 spiro atoms. The molecule has 0 fully saturated rings. The van der Waals surface area contributed by atoms with Gasteiger partial charge < -0.3 is 9.30 Å². The fraction of sp³-hybridized carbons (Fsp3) is 0.227. The van der Waals surface area contributed by atoms with E-state index in [2.05, 4.69) is 34.9 Å². The third kappa shape index (κ3) is 2.86. The first-order chi connectivity index (χ1) is 12.3. The van der Waals surface area contributed by atoms with Crippen molar-refractivity contribution >= 4 is 5.97 Å². The first kappa shape index (κ1) is 15.7. The summed E-state index contributed by atoms with van der Waals surface area (Å²) in [4.78, 5) is 11.7. The predicted molar refractivity (Wildman–Crippen MR) is 99.2 cm³/mol. The summed E-state index contributed by atoms with van der Waals surface area (Å²) in [6.07, 6.45) is 4.72. The summed E-state index contributed by atoms with van der Waals surface area (Å²) in [7, 11) is 1.41. The molecule has 4 rings (SSSR count). The second-order valence-electron chi connectivity index (χ2n) is 6.45. The Morgan fingerprint density at radius 3 is 2.40 bits per heavy atom. The topological polar surface area (TPSA) is 31.2 Å². The first-order valence-corrected chi connectivity index (χ1v) is 8.75. The lowest BCUT2D eigenvalue weighted by Crippen LogP contribution is -2.08. The Hall–Kier alpha value is -2.81. The standard InChI is InChI=1S/C22H21NO2/c1-25-22(24)17-11-13-19(14-12-17)23-20-10-6-5-9-18(20)15-21(23)16-7-3-2-4-8-16/h2-4,7-8,11-15H,5-6,9-10H2,1H3.